The number of carbonyl (C=O) groups excluding carboxylic acids is 2. The van der Waals surface area contributed by atoms with Crippen molar-refractivity contribution >= 4 is 39.0 Å². The summed E-state index contributed by atoms with van der Waals surface area (Å²) in [5.74, 6) is -1.44. The van der Waals surface area contributed by atoms with E-state index in [1.807, 2.05) is 0 Å². The van der Waals surface area contributed by atoms with Gasteiger partial charge in [-0.05, 0) is 11.4 Å². The van der Waals surface area contributed by atoms with Crippen molar-refractivity contribution in [3.63, 3.8) is 0 Å². The Labute approximate surface area is 87.5 Å². The minimum Gasteiger partial charge on any atom is -0.550 e. The predicted molar refractivity (Wildman–Crippen MR) is 51.0 cm³/mol. The average molecular weight is 262 g/mol. The number of thiophene rings is 1. The molecule has 1 aromatic heterocycles. The first-order valence-corrected chi connectivity index (χ1v) is 5.32. The lowest BCUT2D eigenvalue weighted by Crippen LogP contribution is -2.28. The highest BCUT2D eigenvalue weighted by molar-refractivity contribution is 9.10. The summed E-state index contributed by atoms with van der Waals surface area (Å²) >= 11 is 4.30. The highest BCUT2D eigenvalue weighted by Crippen LogP contribution is 2.17. The Hall–Kier alpha value is -0.680. The average Bonchev–Trinajstić information content (AvgIpc) is 2.53. The molecule has 0 aliphatic heterocycles. The number of aliphatic carboxylic acids is 1. The number of carboxylic acids is 1. The highest BCUT2D eigenvalue weighted by Gasteiger charge is 2.17. The van der Waals surface area contributed by atoms with E-state index in [0.29, 0.717) is 4.88 Å². The number of rotatable bonds is 4. The van der Waals surface area contributed by atoms with Gasteiger partial charge >= 0.3 is 0 Å². The molecular weight excluding hydrogens is 256 g/mol. The summed E-state index contributed by atoms with van der Waals surface area (Å²) in [7, 11) is 0. The number of hydrogen-bond acceptors (Lipinski definition) is 4. The number of Topliss-reactive ketones (excluding diaryl/α,β-unsaturated/α-hetero) is 1. The minimum absolute atomic E-state index is 0.209. The number of carbonyl (C=O) groups is 2. The van der Waals surface area contributed by atoms with Crippen LogP contribution < -0.4 is 5.11 Å². The lowest BCUT2D eigenvalue weighted by molar-refractivity contribution is -0.305. The van der Waals surface area contributed by atoms with Crippen molar-refractivity contribution in [1.82, 2.24) is 0 Å². The molecule has 0 aliphatic rings. The van der Waals surface area contributed by atoms with Gasteiger partial charge in [-0.1, -0.05) is 22.0 Å². The van der Waals surface area contributed by atoms with Crippen LogP contribution in [0.5, 0.6) is 0 Å². The zero-order valence-electron chi connectivity index (χ0n) is 6.53. The van der Waals surface area contributed by atoms with Crippen LogP contribution in [0.2, 0.25) is 0 Å². The van der Waals surface area contributed by atoms with Crippen LogP contribution in [0.25, 0.3) is 0 Å². The molecule has 0 amide bonds. The molecule has 1 atom stereocenters. The Morgan fingerprint density at radius 2 is 2.31 bits per heavy atom. The molecule has 70 valence electrons. The molecular formula is C8H6BrO3S-. The van der Waals surface area contributed by atoms with Gasteiger partial charge in [0, 0.05) is 12.4 Å². The maximum Gasteiger partial charge on any atom is 0.186 e. The van der Waals surface area contributed by atoms with Gasteiger partial charge < -0.3 is 9.90 Å². The second-order valence-corrected chi connectivity index (χ2v) is 4.44. The molecule has 1 heterocycles. The monoisotopic (exact) mass is 261 g/mol. The molecule has 5 heteroatoms. The van der Waals surface area contributed by atoms with E-state index in [2.05, 4.69) is 15.9 Å². The van der Waals surface area contributed by atoms with Crippen molar-refractivity contribution in [2.75, 3.05) is 0 Å². The minimum atomic E-state index is -1.23. The molecule has 0 aliphatic carbocycles. The second kappa shape index (κ2) is 4.53. The molecule has 0 radical (unpaired) electrons. The van der Waals surface area contributed by atoms with Gasteiger partial charge in [0.2, 0.25) is 0 Å². The number of halogens is 1. The third kappa shape index (κ3) is 2.93. The lowest BCUT2D eigenvalue weighted by atomic mass is 10.2. The summed E-state index contributed by atoms with van der Waals surface area (Å²) in [6.45, 7) is 0. The van der Waals surface area contributed by atoms with Crippen molar-refractivity contribution in [2.24, 2.45) is 0 Å². The fourth-order valence-corrected chi connectivity index (χ4v) is 2.19. The fourth-order valence-electron chi connectivity index (χ4n) is 0.812. The molecule has 0 N–H and O–H groups in total. The molecule has 0 bridgehead atoms. The van der Waals surface area contributed by atoms with E-state index >= 15 is 0 Å². The zero-order valence-corrected chi connectivity index (χ0v) is 8.93. The van der Waals surface area contributed by atoms with Crippen LogP contribution >= 0.6 is 27.3 Å². The van der Waals surface area contributed by atoms with E-state index in [4.69, 9.17) is 0 Å². The standard InChI is InChI=1S/C8H7BrO3S/c9-5(4-7(10)11)8(12)6-2-1-3-13-6/h1-3,5H,4H2,(H,10,11)/p-1/t5-/m0/s1. The van der Waals surface area contributed by atoms with Gasteiger partial charge in [0.05, 0.1) is 9.70 Å². The van der Waals surface area contributed by atoms with Crippen LogP contribution in [-0.4, -0.2) is 16.6 Å². The molecule has 0 aromatic carbocycles. The molecule has 3 nitrogen and oxygen atoms in total. The number of carboxylic acid groups (broad SMARTS) is 1. The normalized spacial score (nSPS) is 12.4. The van der Waals surface area contributed by atoms with Crippen LogP contribution in [0.4, 0.5) is 0 Å². The smallest absolute Gasteiger partial charge is 0.186 e. The van der Waals surface area contributed by atoms with Gasteiger partial charge in [-0.25, -0.2) is 0 Å². The van der Waals surface area contributed by atoms with E-state index in [-0.39, 0.29) is 12.2 Å². The third-order valence-corrected chi connectivity index (χ3v) is 3.02. The summed E-state index contributed by atoms with van der Waals surface area (Å²) in [5, 5.41) is 12.0. The molecule has 0 saturated carbocycles. The predicted octanol–water partition coefficient (Wildman–Crippen LogP) is 0.834. The Morgan fingerprint density at radius 1 is 1.62 bits per heavy atom. The molecule has 0 fully saturated rings. The van der Waals surface area contributed by atoms with Gasteiger partial charge in [-0.2, -0.15) is 0 Å². The quantitative estimate of drug-likeness (QED) is 0.596. The summed E-state index contributed by atoms with van der Waals surface area (Å²) in [4.78, 5) is 21.5. The van der Waals surface area contributed by atoms with Gasteiger partial charge in [0.1, 0.15) is 0 Å². The number of ketones is 1. The van der Waals surface area contributed by atoms with E-state index in [1.165, 1.54) is 11.3 Å². The van der Waals surface area contributed by atoms with Gasteiger partial charge in [-0.15, -0.1) is 11.3 Å². The topological polar surface area (TPSA) is 57.2 Å². The van der Waals surface area contributed by atoms with Crippen molar-refractivity contribution in [1.29, 1.82) is 0 Å². The van der Waals surface area contributed by atoms with Crippen molar-refractivity contribution in [3.05, 3.63) is 22.4 Å². The van der Waals surface area contributed by atoms with Crippen molar-refractivity contribution in [2.45, 2.75) is 11.2 Å². The van der Waals surface area contributed by atoms with Crippen molar-refractivity contribution < 1.29 is 14.7 Å². The Kier molecular flexibility index (Phi) is 3.62. The first-order chi connectivity index (χ1) is 6.11. The van der Waals surface area contributed by atoms with E-state index in [1.54, 1.807) is 17.5 Å². The third-order valence-electron chi connectivity index (χ3n) is 1.39. The van der Waals surface area contributed by atoms with Gasteiger partial charge in [-0.3, -0.25) is 4.79 Å². The van der Waals surface area contributed by atoms with Crippen LogP contribution in [0.3, 0.4) is 0 Å². The first kappa shape index (κ1) is 10.4. The van der Waals surface area contributed by atoms with E-state index in [0.717, 1.165) is 0 Å². The van der Waals surface area contributed by atoms with Crippen LogP contribution in [0, 0.1) is 0 Å². The fraction of sp³-hybridized carbons (Fsp3) is 0.250. The second-order valence-electron chi connectivity index (χ2n) is 2.39. The Morgan fingerprint density at radius 3 is 2.77 bits per heavy atom. The maximum absolute atomic E-state index is 11.4. The number of hydrogen-bond donors (Lipinski definition) is 0. The lowest BCUT2D eigenvalue weighted by Gasteiger charge is -2.07. The zero-order chi connectivity index (χ0) is 9.84. The van der Waals surface area contributed by atoms with Crippen LogP contribution in [-0.2, 0) is 4.79 Å². The molecule has 13 heavy (non-hydrogen) atoms. The Balaban J connectivity index is 2.63. The molecule has 1 aromatic rings. The largest absolute Gasteiger partial charge is 0.550 e. The van der Waals surface area contributed by atoms with E-state index < -0.39 is 10.8 Å². The first-order valence-electron chi connectivity index (χ1n) is 3.53. The highest BCUT2D eigenvalue weighted by atomic mass is 79.9. The van der Waals surface area contributed by atoms with Crippen molar-refractivity contribution in [3.8, 4) is 0 Å². The van der Waals surface area contributed by atoms with Crippen LogP contribution in [0.15, 0.2) is 17.5 Å². The molecule has 0 unspecified atom stereocenters. The van der Waals surface area contributed by atoms with Crippen LogP contribution in [0.1, 0.15) is 16.1 Å². The van der Waals surface area contributed by atoms with Gasteiger partial charge in [0.15, 0.2) is 5.78 Å². The Bertz CT molecular complexity index is 307. The molecule has 0 spiro atoms. The SMILES string of the molecule is O=C([O-])C[C@H](Br)C(=O)c1cccs1. The summed E-state index contributed by atoms with van der Waals surface area (Å²) in [5.41, 5.74) is 0. The summed E-state index contributed by atoms with van der Waals surface area (Å²) in [6.07, 6.45) is -0.295. The molecule has 1 rings (SSSR count). The summed E-state index contributed by atoms with van der Waals surface area (Å²) < 4.78 is 0. The van der Waals surface area contributed by atoms with Gasteiger partial charge in [0.25, 0.3) is 0 Å². The summed E-state index contributed by atoms with van der Waals surface area (Å²) in [6, 6.07) is 3.41. The number of alkyl halides is 1. The maximum atomic E-state index is 11.4. The molecule has 0 saturated heterocycles. The van der Waals surface area contributed by atoms with E-state index in [9.17, 15) is 14.7 Å².